The molecule has 2 nitrogen and oxygen atoms in total. The third kappa shape index (κ3) is 5.53. The highest BCUT2D eigenvalue weighted by Crippen LogP contribution is 1.95. The molecule has 0 amide bonds. The summed E-state index contributed by atoms with van der Waals surface area (Å²) in [6.45, 7) is 4.76. The molecule has 0 aliphatic heterocycles. The first-order valence-electron chi connectivity index (χ1n) is 3.09. The lowest BCUT2D eigenvalue weighted by molar-refractivity contribution is 0.319. The smallest absolute Gasteiger partial charge is 0.0639 e. The van der Waals surface area contributed by atoms with Crippen LogP contribution in [0.1, 0.15) is 6.42 Å². The molecule has 0 spiro atoms. The highest BCUT2D eigenvalue weighted by atomic mass is 16.3. The zero-order valence-corrected chi connectivity index (χ0v) is 6.22. The van der Waals surface area contributed by atoms with E-state index in [1.165, 1.54) is 0 Å². The van der Waals surface area contributed by atoms with E-state index in [-0.39, 0.29) is 6.61 Å². The van der Waals surface area contributed by atoms with E-state index in [4.69, 9.17) is 5.11 Å². The molecule has 0 bridgehead atoms. The Kier molecular flexibility index (Phi) is 4.36. The van der Waals surface area contributed by atoms with Gasteiger partial charge in [-0.05, 0) is 20.5 Å². The standard InChI is InChI=1S/C7H15NO/c1-7(6-9)4-5-8(2)3/h9H,1,4-6H2,2-3H3. The summed E-state index contributed by atoms with van der Waals surface area (Å²) in [4.78, 5) is 2.07. The van der Waals surface area contributed by atoms with Gasteiger partial charge in [0.25, 0.3) is 0 Å². The van der Waals surface area contributed by atoms with Gasteiger partial charge in [0.2, 0.25) is 0 Å². The predicted molar refractivity (Wildman–Crippen MR) is 39.4 cm³/mol. The molecular formula is C7H15NO. The number of aliphatic hydroxyl groups is 1. The van der Waals surface area contributed by atoms with Crippen molar-refractivity contribution in [2.24, 2.45) is 0 Å². The number of hydrogen-bond acceptors (Lipinski definition) is 2. The molecule has 54 valence electrons. The van der Waals surface area contributed by atoms with Gasteiger partial charge in [-0.2, -0.15) is 0 Å². The van der Waals surface area contributed by atoms with E-state index in [0.717, 1.165) is 18.5 Å². The van der Waals surface area contributed by atoms with Crippen LogP contribution < -0.4 is 0 Å². The number of rotatable bonds is 4. The molecule has 0 aromatic rings. The van der Waals surface area contributed by atoms with E-state index in [1.807, 2.05) is 14.1 Å². The summed E-state index contributed by atoms with van der Waals surface area (Å²) >= 11 is 0. The average Bonchev–Trinajstić information content (AvgIpc) is 1.83. The first-order valence-corrected chi connectivity index (χ1v) is 3.09. The molecule has 0 saturated carbocycles. The third-order valence-electron chi connectivity index (χ3n) is 1.14. The zero-order valence-electron chi connectivity index (χ0n) is 6.22. The molecule has 0 aliphatic rings. The Balaban J connectivity index is 3.17. The van der Waals surface area contributed by atoms with Gasteiger partial charge in [0.15, 0.2) is 0 Å². The van der Waals surface area contributed by atoms with Crippen LogP contribution >= 0.6 is 0 Å². The molecule has 0 unspecified atom stereocenters. The zero-order chi connectivity index (χ0) is 7.28. The molecule has 2 heteroatoms. The second kappa shape index (κ2) is 4.53. The van der Waals surface area contributed by atoms with E-state index in [9.17, 15) is 0 Å². The SMILES string of the molecule is C=C(CO)CCN(C)C. The van der Waals surface area contributed by atoms with Gasteiger partial charge in [-0.25, -0.2) is 0 Å². The van der Waals surface area contributed by atoms with Crippen molar-refractivity contribution >= 4 is 0 Å². The van der Waals surface area contributed by atoms with Crippen molar-refractivity contribution in [1.29, 1.82) is 0 Å². The van der Waals surface area contributed by atoms with Crippen LogP contribution in [0, 0.1) is 0 Å². The third-order valence-corrected chi connectivity index (χ3v) is 1.14. The van der Waals surface area contributed by atoms with Crippen LogP contribution in [0.2, 0.25) is 0 Å². The van der Waals surface area contributed by atoms with Crippen molar-refractivity contribution in [1.82, 2.24) is 4.90 Å². The maximum Gasteiger partial charge on any atom is 0.0639 e. The van der Waals surface area contributed by atoms with Gasteiger partial charge in [-0.3, -0.25) is 0 Å². The Labute approximate surface area is 56.8 Å². The monoisotopic (exact) mass is 129 g/mol. The Hall–Kier alpha value is -0.340. The van der Waals surface area contributed by atoms with Gasteiger partial charge in [0.05, 0.1) is 6.61 Å². The molecule has 0 aromatic carbocycles. The number of nitrogens with zero attached hydrogens (tertiary/aromatic N) is 1. The molecule has 0 rings (SSSR count). The molecular weight excluding hydrogens is 114 g/mol. The van der Waals surface area contributed by atoms with Crippen molar-refractivity contribution in [3.63, 3.8) is 0 Å². The quantitative estimate of drug-likeness (QED) is 0.558. The Morgan fingerprint density at radius 1 is 1.56 bits per heavy atom. The maximum absolute atomic E-state index is 8.53. The van der Waals surface area contributed by atoms with E-state index in [2.05, 4.69) is 11.5 Å². The summed E-state index contributed by atoms with van der Waals surface area (Å²) < 4.78 is 0. The predicted octanol–water partition coefficient (Wildman–Crippen LogP) is 0.487. The van der Waals surface area contributed by atoms with Gasteiger partial charge in [-0.15, -0.1) is 0 Å². The largest absolute Gasteiger partial charge is 0.392 e. The molecule has 9 heavy (non-hydrogen) atoms. The minimum absolute atomic E-state index is 0.119. The first kappa shape index (κ1) is 8.66. The van der Waals surface area contributed by atoms with Crippen LogP contribution in [-0.4, -0.2) is 37.3 Å². The van der Waals surface area contributed by atoms with Gasteiger partial charge < -0.3 is 10.0 Å². The summed E-state index contributed by atoms with van der Waals surface area (Å²) in [5.74, 6) is 0. The Morgan fingerprint density at radius 2 is 2.11 bits per heavy atom. The lowest BCUT2D eigenvalue weighted by atomic mass is 10.2. The van der Waals surface area contributed by atoms with Gasteiger partial charge in [-0.1, -0.05) is 12.2 Å². The van der Waals surface area contributed by atoms with Crippen LogP contribution in [0.15, 0.2) is 12.2 Å². The average molecular weight is 129 g/mol. The fourth-order valence-corrected chi connectivity index (χ4v) is 0.461. The fraction of sp³-hybridized carbons (Fsp3) is 0.714. The van der Waals surface area contributed by atoms with Crippen LogP contribution in [0.5, 0.6) is 0 Å². The minimum Gasteiger partial charge on any atom is -0.392 e. The number of aliphatic hydroxyl groups excluding tert-OH is 1. The van der Waals surface area contributed by atoms with Crippen LogP contribution in [0.3, 0.4) is 0 Å². The van der Waals surface area contributed by atoms with Crippen molar-refractivity contribution in [3.05, 3.63) is 12.2 Å². The molecule has 0 radical (unpaired) electrons. The van der Waals surface area contributed by atoms with Crippen LogP contribution in [0.25, 0.3) is 0 Å². The lowest BCUT2D eigenvalue weighted by Crippen LogP contribution is -2.13. The lowest BCUT2D eigenvalue weighted by Gasteiger charge is -2.08. The Bertz CT molecular complexity index is 88.9. The normalized spacial score (nSPS) is 10.2. The van der Waals surface area contributed by atoms with Gasteiger partial charge in [0.1, 0.15) is 0 Å². The highest BCUT2D eigenvalue weighted by Gasteiger charge is 1.92. The maximum atomic E-state index is 8.53. The molecule has 1 N–H and O–H groups in total. The van der Waals surface area contributed by atoms with Crippen LogP contribution in [-0.2, 0) is 0 Å². The van der Waals surface area contributed by atoms with Crippen LogP contribution in [0.4, 0.5) is 0 Å². The van der Waals surface area contributed by atoms with Crippen molar-refractivity contribution < 1.29 is 5.11 Å². The molecule has 0 aromatic heterocycles. The topological polar surface area (TPSA) is 23.5 Å². The summed E-state index contributed by atoms with van der Waals surface area (Å²) in [6.07, 6.45) is 0.892. The molecule has 0 fully saturated rings. The van der Waals surface area contributed by atoms with Gasteiger partial charge >= 0.3 is 0 Å². The van der Waals surface area contributed by atoms with E-state index >= 15 is 0 Å². The second-order valence-corrected chi connectivity index (χ2v) is 2.46. The van der Waals surface area contributed by atoms with Crippen molar-refractivity contribution in [2.75, 3.05) is 27.2 Å². The van der Waals surface area contributed by atoms with Crippen molar-refractivity contribution in [3.8, 4) is 0 Å². The summed E-state index contributed by atoms with van der Waals surface area (Å²) in [6, 6.07) is 0. The summed E-state index contributed by atoms with van der Waals surface area (Å²) in [5.41, 5.74) is 0.906. The summed E-state index contributed by atoms with van der Waals surface area (Å²) in [7, 11) is 4.01. The first-order chi connectivity index (χ1) is 4.16. The molecule has 0 heterocycles. The van der Waals surface area contributed by atoms with E-state index in [0.29, 0.717) is 0 Å². The Morgan fingerprint density at radius 3 is 2.44 bits per heavy atom. The number of hydrogen-bond donors (Lipinski definition) is 1. The minimum atomic E-state index is 0.119. The fourth-order valence-electron chi connectivity index (χ4n) is 0.461. The molecule has 0 atom stereocenters. The molecule has 0 aliphatic carbocycles. The summed E-state index contributed by atoms with van der Waals surface area (Å²) in [5, 5.41) is 8.53. The molecule has 0 saturated heterocycles. The van der Waals surface area contributed by atoms with E-state index in [1.54, 1.807) is 0 Å². The highest BCUT2D eigenvalue weighted by molar-refractivity contribution is 4.93. The van der Waals surface area contributed by atoms with E-state index < -0.39 is 0 Å². The van der Waals surface area contributed by atoms with Crippen molar-refractivity contribution in [2.45, 2.75) is 6.42 Å². The van der Waals surface area contributed by atoms with Gasteiger partial charge in [0, 0.05) is 6.54 Å². The second-order valence-electron chi connectivity index (χ2n) is 2.46.